The molecule has 4 aromatic rings. The number of pyridine rings is 1. The number of aromatic nitrogens is 4. The lowest BCUT2D eigenvalue weighted by molar-refractivity contribution is -0.124. The van der Waals surface area contributed by atoms with Crippen LogP contribution in [-0.2, 0) is 4.79 Å². The second-order valence-corrected chi connectivity index (χ2v) is 9.53. The highest BCUT2D eigenvalue weighted by Gasteiger charge is 2.23. The number of carbonyl (C=O) groups is 2. The van der Waals surface area contributed by atoms with E-state index in [1.807, 2.05) is 30.3 Å². The molecular formula is C28H32N6O4. The standard InChI is InChI=1S/C28H32N6O4/c1-37-27-20(16-19-8-5-6-9-21(19)33-27)23-17-30-26(32-23)22(31-25(36)18-34-13-7-14-34)10-3-2-4-11-24(35)28-29-12-15-38-28/h5-6,8-9,12,15-17,22H,2-4,7,10-11,13-14,18H2,1H3,(H,30,32)(H,31,36)/t22-/m0/s1. The number of methoxy groups -OCH3 is 1. The number of imidazole rings is 1. The van der Waals surface area contributed by atoms with Gasteiger partial charge in [-0.05, 0) is 44.5 Å². The van der Waals surface area contributed by atoms with Gasteiger partial charge in [0.25, 0.3) is 5.89 Å². The second-order valence-electron chi connectivity index (χ2n) is 9.53. The van der Waals surface area contributed by atoms with Crippen molar-refractivity contribution in [3.63, 3.8) is 0 Å². The number of hydrogen-bond donors (Lipinski definition) is 2. The minimum absolute atomic E-state index is 0.0170. The number of oxazole rings is 1. The zero-order valence-corrected chi connectivity index (χ0v) is 21.5. The quantitative estimate of drug-likeness (QED) is 0.199. The van der Waals surface area contributed by atoms with Gasteiger partial charge in [0, 0.05) is 11.8 Å². The molecule has 1 amide bonds. The van der Waals surface area contributed by atoms with Crippen molar-refractivity contribution in [3.8, 4) is 17.1 Å². The number of aromatic amines is 1. The second kappa shape index (κ2) is 12.0. The number of para-hydroxylation sites is 1. The van der Waals surface area contributed by atoms with Crippen LogP contribution in [0.1, 0.15) is 61.1 Å². The Balaban J connectivity index is 1.27. The Morgan fingerprint density at radius 3 is 2.82 bits per heavy atom. The predicted molar refractivity (Wildman–Crippen MR) is 142 cm³/mol. The molecule has 10 nitrogen and oxygen atoms in total. The number of benzene rings is 1. The van der Waals surface area contributed by atoms with Gasteiger partial charge < -0.3 is 19.5 Å². The van der Waals surface area contributed by atoms with E-state index in [1.54, 1.807) is 13.3 Å². The molecule has 5 rings (SSSR count). The van der Waals surface area contributed by atoms with Crippen LogP contribution < -0.4 is 10.1 Å². The number of rotatable bonds is 13. The van der Waals surface area contributed by atoms with E-state index in [1.165, 1.54) is 12.5 Å². The largest absolute Gasteiger partial charge is 0.480 e. The van der Waals surface area contributed by atoms with Crippen LogP contribution in [0.2, 0.25) is 0 Å². The van der Waals surface area contributed by atoms with Crippen molar-refractivity contribution >= 4 is 22.6 Å². The summed E-state index contributed by atoms with van der Waals surface area (Å²) in [5.74, 6) is 1.23. The summed E-state index contributed by atoms with van der Waals surface area (Å²) in [6.07, 6.45) is 9.22. The summed E-state index contributed by atoms with van der Waals surface area (Å²) in [5.41, 5.74) is 2.43. The molecule has 0 aliphatic carbocycles. The number of ether oxygens (including phenoxy) is 1. The molecule has 1 saturated heterocycles. The smallest absolute Gasteiger partial charge is 0.263 e. The Morgan fingerprint density at radius 2 is 2.05 bits per heavy atom. The third kappa shape index (κ3) is 6.08. The zero-order chi connectivity index (χ0) is 26.3. The van der Waals surface area contributed by atoms with Crippen molar-refractivity contribution in [1.82, 2.24) is 30.2 Å². The van der Waals surface area contributed by atoms with E-state index in [0.29, 0.717) is 31.1 Å². The summed E-state index contributed by atoms with van der Waals surface area (Å²) in [6, 6.07) is 9.62. The highest BCUT2D eigenvalue weighted by atomic mass is 16.5. The monoisotopic (exact) mass is 516 g/mol. The number of H-pyrrole nitrogens is 1. The van der Waals surface area contributed by atoms with Crippen molar-refractivity contribution < 1.29 is 18.7 Å². The number of ketones is 1. The van der Waals surface area contributed by atoms with E-state index in [2.05, 4.69) is 30.2 Å². The van der Waals surface area contributed by atoms with Gasteiger partial charge in [-0.2, -0.15) is 0 Å². The van der Waals surface area contributed by atoms with Gasteiger partial charge in [-0.1, -0.05) is 31.0 Å². The summed E-state index contributed by atoms with van der Waals surface area (Å²) >= 11 is 0. The number of nitrogens with zero attached hydrogens (tertiary/aromatic N) is 4. The molecule has 38 heavy (non-hydrogen) atoms. The topological polar surface area (TPSA) is 126 Å². The minimum Gasteiger partial charge on any atom is -0.480 e. The van der Waals surface area contributed by atoms with Crippen molar-refractivity contribution in [3.05, 3.63) is 60.7 Å². The van der Waals surface area contributed by atoms with E-state index in [9.17, 15) is 9.59 Å². The average Bonchev–Trinajstić information content (AvgIpc) is 3.62. The normalized spacial score (nSPS) is 14.2. The van der Waals surface area contributed by atoms with Crippen molar-refractivity contribution in [2.75, 3.05) is 26.7 Å². The van der Waals surface area contributed by atoms with E-state index >= 15 is 0 Å². The molecule has 0 spiro atoms. The molecule has 0 bridgehead atoms. The van der Waals surface area contributed by atoms with Crippen LogP contribution in [0, 0.1) is 0 Å². The molecule has 3 aromatic heterocycles. The number of hydrogen-bond acceptors (Lipinski definition) is 8. The van der Waals surface area contributed by atoms with Gasteiger partial charge in [-0.3, -0.25) is 14.5 Å². The summed E-state index contributed by atoms with van der Waals surface area (Å²) in [4.78, 5) is 43.6. The van der Waals surface area contributed by atoms with Gasteiger partial charge in [0.1, 0.15) is 12.1 Å². The Kier molecular flexibility index (Phi) is 8.08. The summed E-state index contributed by atoms with van der Waals surface area (Å²) in [7, 11) is 1.60. The lowest BCUT2D eigenvalue weighted by Crippen LogP contribution is -2.45. The SMILES string of the molecule is COc1nc2ccccc2cc1-c1cnc([C@H](CCCCCC(=O)c2ncco2)NC(=O)CN2CCC2)[nH]1. The van der Waals surface area contributed by atoms with Crippen LogP contribution in [-0.4, -0.2) is 63.3 Å². The van der Waals surface area contributed by atoms with Gasteiger partial charge in [-0.15, -0.1) is 0 Å². The lowest BCUT2D eigenvalue weighted by Gasteiger charge is -2.30. The first-order valence-corrected chi connectivity index (χ1v) is 13.0. The maximum absolute atomic E-state index is 12.8. The third-order valence-electron chi connectivity index (χ3n) is 6.82. The number of amides is 1. The van der Waals surface area contributed by atoms with Crippen LogP contribution in [0.5, 0.6) is 5.88 Å². The molecule has 1 atom stereocenters. The maximum Gasteiger partial charge on any atom is 0.263 e. The maximum atomic E-state index is 12.8. The number of nitrogens with one attached hydrogen (secondary N) is 2. The van der Waals surface area contributed by atoms with E-state index in [-0.39, 0.29) is 23.6 Å². The number of fused-ring (bicyclic) bond motifs is 1. The van der Waals surface area contributed by atoms with Gasteiger partial charge >= 0.3 is 0 Å². The van der Waals surface area contributed by atoms with Gasteiger partial charge in [-0.25, -0.2) is 15.0 Å². The van der Waals surface area contributed by atoms with Crippen LogP contribution in [0.15, 0.2) is 53.4 Å². The number of likely N-dealkylation sites (tertiary alicyclic amines) is 1. The highest BCUT2D eigenvalue weighted by molar-refractivity contribution is 5.91. The number of carbonyl (C=O) groups excluding carboxylic acids is 2. The Morgan fingerprint density at radius 1 is 1.18 bits per heavy atom. The summed E-state index contributed by atoms with van der Waals surface area (Å²) < 4.78 is 10.6. The molecule has 0 saturated carbocycles. The molecule has 1 fully saturated rings. The molecule has 198 valence electrons. The average molecular weight is 517 g/mol. The Labute approximate surface area is 220 Å². The molecule has 1 aromatic carbocycles. The first-order valence-electron chi connectivity index (χ1n) is 13.0. The zero-order valence-electron chi connectivity index (χ0n) is 21.5. The molecular weight excluding hydrogens is 484 g/mol. The van der Waals surface area contributed by atoms with Crippen LogP contribution in [0.25, 0.3) is 22.2 Å². The lowest BCUT2D eigenvalue weighted by atomic mass is 10.0. The number of Topliss-reactive ketones (excluding diaryl/α,β-unsaturated/α-hetero) is 1. The van der Waals surface area contributed by atoms with Crippen LogP contribution in [0.4, 0.5) is 0 Å². The molecule has 1 aliphatic rings. The Bertz CT molecular complexity index is 1380. The molecule has 4 heterocycles. The molecule has 2 N–H and O–H groups in total. The fourth-order valence-corrected chi connectivity index (χ4v) is 4.64. The molecule has 1 aliphatic heterocycles. The molecule has 0 radical (unpaired) electrons. The first kappa shape index (κ1) is 25.6. The van der Waals surface area contributed by atoms with Gasteiger partial charge in [0.05, 0.1) is 48.9 Å². The van der Waals surface area contributed by atoms with Gasteiger partial charge in [0.15, 0.2) is 0 Å². The van der Waals surface area contributed by atoms with Crippen molar-refractivity contribution in [2.24, 2.45) is 0 Å². The fraction of sp³-hybridized carbons (Fsp3) is 0.393. The van der Waals surface area contributed by atoms with Crippen molar-refractivity contribution in [2.45, 2.75) is 44.6 Å². The van der Waals surface area contributed by atoms with E-state index in [0.717, 1.165) is 60.9 Å². The van der Waals surface area contributed by atoms with Crippen LogP contribution >= 0.6 is 0 Å². The van der Waals surface area contributed by atoms with E-state index in [4.69, 9.17) is 9.15 Å². The number of unbranched alkanes of at least 4 members (excludes halogenated alkanes) is 2. The Hall–Kier alpha value is -4.05. The fourth-order valence-electron chi connectivity index (χ4n) is 4.64. The van der Waals surface area contributed by atoms with E-state index < -0.39 is 0 Å². The van der Waals surface area contributed by atoms with Crippen molar-refractivity contribution in [1.29, 1.82) is 0 Å². The van der Waals surface area contributed by atoms with Crippen LogP contribution in [0.3, 0.4) is 0 Å². The first-order chi connectivity index (χ1) is 18.6. The minimum atomic E-state index is -0.278. The third-order valence-corrected chi connectivity index (χ3v) is 6.82. The molecule has 10 heteroatoms. The summed E-state index contributed by atoms with van der Waals surface area (Å²) in [5, 5.41) is 4.16. The summed E-state index contributed by atoms with van der Waals surface area (Å²) in [6.45, 7) is 2.30. The molecule has 0 unspecified atom stereocenters. The highest BCUT2D eigenvalue weighted by Crippen LogP contribution is 2.31. The van der Waals surface area contributed by atoms with Gasteiger partial charge in [0.2, 0.25) is 17.6 Å². The predicted octanol–water partition coefficient (Wildman–Crippen LogP) is 4.32.